The van der Waals surface area contributed by atoms with Gasteiger partial charge in [0, 0.05) is 12.8 Å². The number of halogens is 3. The van der Waals surface area contributed by atoms with E-state index in [2.05, 4.69) is 5.32 Å². The van der Waals surface area contributed by atoms with E-state index in [9.17, 15) is 18.0 Å². The lowest BCUT2D eigenvalue weighted by Crippen LogP contribution is -2.38. The maximum atomic E-state index is 12.3. The van der Waals surface area contributed by atoms with Crippen LogP contribution in [0, 0.1) is 0 Å². The number of hydrogen-bond donors (Lipinski definition) is 1. The molecular formula is C12H14F3NO2. The van der Waals surface area contributed by atoms with Crippen LogP contribution in [-0.4, -0.2) is 18.6 Å². The molecule has 0 radical (unpaired) electrons. The van der Waals surface area contributed by atoms with E-state index in [-0.39, 0.29) is 5.69 Å². The van der Waals surface area contributed by atoms with Crippen LogP contribution >= 0.6 is 0 Å². The summed E-state index contributed by atoms with van der Waals surface area (Å²) in [5, 5.41) is 2.48. The van der Waals surface area contributed by atoms with Gasteiger partial charge in [-0.25, -0.2) is 0 Å². The molecule has 0 aromatic heterocycles. The summed E-state index contributed by atoms with van der Waals surface area (Å²) < 4.78 is 41.9. The molecule has 0 aliphatic carbocycles. The van der Waals surface area contributed by atoms with Crippen molar-refractivity contribution in [2.24, 2.45) is 0 Å². The van der Waals surface area contributed by atoms with Crippen LogP contribution in [0.3, 0.4) is 0 Å². The average Bonchev–Trinajstić information content (AvgIpc) is 2.28. The van der Waals surface area contributed by atoms with E-state index in [1.807, 2.05) is 0 Å². The number of alkyl halides is 3. The zero-order chi connectivity index (χ0) is 14.0. The Hall–Kier alpha value is -1.56. The number of hydrogen-bond acceptors (Lipinski definition) is 2. The van der Waals surface area contributed by atoms with E-state index in [4.69, 9.17) is 4.74 Å². The molecule has 0 spiro atoms. The molecule has 100 valence electrons. The molecule has 1 amide bonds. The van der Waals surface area contributed by atoms with Crippen molar-refractivity contribution >= 4 is 11.6 Å². The molecule has 0 saturated carbocycles. The first-order valence-corrected chi connectivity index (χ1v) is 5.20. The first kappa shape index (κ1) is 14.5. The zero-order valence-corrected chi connectivity index (χ0v) is 10.3. The summed E-state index contributed by atoms with van der Waals surface area (Å²) in [4.78, 5) is 11.7. The molecule has 0 aliphatic heterocycles. The predicted molar refractivity (Wildman–Crippen MR) is 61.2 cm³/mol. The smallest absolute Gasteiger partial charge is 0.369 e. The van der Waals surface area contributed by atoms with Gasteiger partial charge in [0.1, 0.15) is 5.60 Å². The summed E-state index contributed by atoms with van der Waals surface area (Å²) >= 11 is 0. The second-order valence-corrected chi connectivity index (χ2v) is 4.24. The molecule has 1 aromatic rings. The molecule has 0 heterocycles. The minimum absolute atomic E-state index is 0.290. The highest BCUT2D eigenvalue weighted by atomic mass is 19.4. The van der Waals surface area contributed by atoms with Gasteiger partial charge < -0.3 is 10.1 Å². The third-order valence-electron chi connectivity index (χ3n) is 2.53. The van der Waals surface area contributed by atoms with Crippen molar-refractivity contribution in [3.63, 3.8) is 0 Å². The Morgan fingerprint density at radius 2 is 1.67 bits per heavy atom. The van der Waals surface area contributed by atoms with Crippen LogP contribution < -0.4 is 5.32 Å². The van der Waals surface area contributed by atoms with Crippen molar-refractivity contribution in [3.8, 4) is 0 Å². The lowest BCUT2D eigenvalue weighted by Gasteiger charge is -2.21. The Labute approximate surface area is 103 Å². The first-order valence-electron chi connectivity index (χ1n) is 5.20. The Bertz CT molecular complexity index is 424. The van der Waals surface area contributed by atoms with Gasteiger partial charge in [-0.2, -0.15) is 13.2 Å². The molecule has 0 bridgehead atoms. The second kappa shape index (κ2) is 4.97. The van der Waals surface area contributed by atoms with E-state index in [1.54, 1.807) is 13.8 Å². The maximum Gasteiger partial charge on any atom is 0.416 e. The normalized spacial score (nSPS) is 12.3. The predicted octanol–water partition coefficient (Wildman–Crippen LogP) is 3.07. The topological polar surface area (TPSA) is 38.3 Å². The fourth-order valence-electron chi connectivity index (χ4n) is 1.12. The SMILES string of the molecule is COC(C)(C)C(=O)Nc1ccc(C(F)(F)F)cc1. The van der Waals surface area contributed by atoms with Crippen molar-refractivity contribution in [2.45, 2.75) is 25.6 Å². The molecule has 1 rings (SSSR count). The Kier molecular flexibility index (Phi) is 4.01. The molecule has 0 atom stereocenters. The van der Waals surface area contributed by atoms with Crippen LogP contribution in [0.1, 0.15) is 19.4 Å². The highest BCUT2D eigenvalue weighted by molar-refractivity contribution is 5.96. The average molecular weight is 261 g/mol. The summed E-state index contributed by atoms with van der Waals surface area (Å²) in [6.07, 6.45) is -4.38. The van der Waals surface area contributed by atoms with Crippen LogP contribution in [0.25, 0.3) is 0 Å². The maximum absolute atomic E-state index is 12.3. The Balaban J connectivity index is 2.79. The van der Waals surface area contributed by atoms with Gasteiger partial charge in [-0.15, -0.1) is 0 Å². The highest BCUT2D eigenvalue weighted by Crippen LogP contribution is 2.29. The van der Waals surface area contributed by atoms with Crippen LogP contribution in [0.2, 0.25) is 0 Å². The van der Waals surface area contributed by atoms with Crippen molar-refractivity contribution in [1.82, 2.24) is 0 Å². The highest BCUT2D eigenvalue weighted by Gasteiger charge is 2.30. The number of nitrogens with one attached hydrogen (secondary N) is 1. The van der Waals surface area contributed by atoms with E-state index >= 15 is 0 Å². The molecule has 6 heteroatoms. The summed E-state index contributed by atoms with van der Waals surface area (Å²) in [7, 11) is 1.38. The number of benzene rings is 1. The number of ether oxygens (including phenoxy) is 1. The van der Waals surface area contributed by atoms with Crippen LogP contribution in [0.5, 0.6) is 0 Å². The van der Waals surface area contributed by atoms with Gasteiger partial charge in [-0.05, 0) is 38.1 Å². The van der Waals surface area contributed by atoms with E-state index in [0.717, 1.165) is 12.1 Å². The van der Waals surface area contributed by atoms with Crippen molar-refractivity contribution in [2.75, 3.05) is 12.4 Å². The fraction of sp³-hybridized carbons (Fsp3) is 0.417. The molecule has 1 N–H and O–H groups in total. The number of carbonyl (C=O) groups excluding carboxylic acids is 1. The van der Waals surface area contributed by atoms with E-state index in [1.165, 1.54) is 19.2 Å². The molecule has 1 aromatic carbocycles. The third-order valence-corrected chi connectivity index (χ3v) is 2.53. The van der Waals surface area contributed by atoms with Crippen LogP contribution in [0.4, 0.5) is 18.9 Å². The summed E-state index contributed by atoms with van der Waals surface area (Å²) in [6, 6.07) is 4.23. The van der Waals surface area contributed by atoms with Gasteiger partial charge in [0.2, 0.25) is 0 Å². The minimum Gasteiger partial charge on any atom is -0.369 e. The van der Waals surface area contributed by atoms with Crippen molar-refractivity contribution in [1.29, 1.82) is 0 Å². The standard InChI is InChI=1S/C12H14F3NO2/c1-11(2,18-3)10(17)16-9-6-4-8(5-7-9)12(13,14)15/h4-7H,1-3H3,(H,16,17). The van der Waals surface area contributed by atoms with Gasteiger partial charge in [0.25, 0.3) is 5.91 Å². The van der Waals surface area contributed by atoms with Crippen molar-refractivity contribution in [3.05, 3.63) is 29.8 Å². The Morgan fingerprint density at radius 3 is 2.06 bits per heavy atom. The van der Waals surface area contributed by atoms with E-state index in [0.29, 0.717) is 0 Å². The van der Waals surface area contributed by atoms with Gasteiger partial charge in [-0.1, -0.05) is 0 Å². The fourth-order valence-corrected chi connectivity index (χ4v) is 1.12. The summed E-state index contributed by atoms with van der Waals surface area (Å²) in [5.41, 5.74) is -1.51. The molecule has 3 nitrogen and oxygen atoms in total. The second-order valence-electron chi connectivity index (χ2n) is 4.24. The van der Waals surface area contributed by atoms with E-state index < -0.39 is 23.2 Å². The summed E-state index contributed by atoms with van der Waals surface area (Å²) in [5.74, 6) is -0.426. The largest absolute Gasteiger partial charge is 0.416 e. The Morgan fingerprint density at radius 1 is 1.17 bits per heavy atom. The lowest BCUT2D eigenvalue weighted by molar-refractivity contribution is -0.137. The molecule has 0 aliphatic rings. The van der Waals surface area contributed by atoms with Gasteiger partial charge in [0.15, 0.2) is 0 Å². The van der Waals surface area contributed by atoms with Crippen molar-refractivity contribution < 1.29 is 22.7 Å². The number of rotatable bonds is 3. The molecule has 0 saturated heterocycles. The first-order chi connectivity index (χ1) is 8.16. The van der Waals surface area contributed by atoms with Gasteiger partial charge >= 0.3 is 6.18 Å². The molecule has 0 fully saturated rings. The molecule has 0 unspecified atom stereocenters. The number of carbonyl (C=O) groups is 1. The van der Waals surface area contributed by atoms with Crippen LogP contribution in [-0.2, 0) is 15.7 Å². The zero-order valence-electron chi connectivity index (χ0n) is 10.3. The van der Waals surface area contributed by atoms with Crippen LogP contribution in [0.15, 0.2) is 24.3 Å². The number of methoxy groups -OCH3 is 1. The monoisotopic (exact) mass is 261 g/mol. The number of anilines is 1. The third kappa shape index (κ3) is 3.46. The number of amides is 1. The summed E-state index contributed by atoms with van der Waals surface area (Å²) in [6.45, 7) is 3.12. The van der Waals surface area contributed by atoms with Gasteiger partial charge in [0.05, 0.1) is 5.56 Å². The lowest BCUT2D eigenvalue weighted by atomic mass is 10.1. The minimum atomic E-state index is -4.38. The quantitative estimate of drug-likeness (QED) is 0.908. The van der Waals surface area contributed by atoms with Gasteiger partial charge in [-0.3, -0.25) is 4.79 Å². The molecular weight excluding hydrogens is 247 g/mol. The molecule has 18 heavy (non-hydrogen) atoms.